The molecule has 1 aliphatic rings. The van der Waals surface area contributed by atoms with E-state index in [9.17, 15) is 0 Å². The highest BCUT2D eigenvalue weighted by atomic mass is 14.9. The van der Waals surface area contributed by atoms with Gasteiger partial charge in [-0.3, -0.25) is 4.98 Å². The van der Waals surface area contributed by atoms with Gasteiger partial charge in [0.1, 0.15) is 0 Å². The monoisotopic (exact) mass is 238 g/mol. The fourth-order valence-corrected chi connectivity index (χ4v) is 2.54. The van der Waals surface area contributed by atoms with E-state index >= 15 is 0 Å². The quantitative estimate of drug-likeness (QED) is 0.886. The third-order valence-corrected chi connectivity index (χ3v) is 3.65. The minimum Gasteiger partial charge on any atom is -0.312 e. The summed E-state index contributed by atoms with van der Waals surface area (Å²) in [6.07, 6.45) is 3.17. The summed E-state index contributed by atoms with van der Waals surface area (Å²) in [6.45, 7) is 3.99. The van der Waals surface area contributed by atoms with Crippen molar-refractivity contribution < 1.29 is 0 Å². The zero-order valence-electron chi connectivity index (χ0n) is 10.7. The molecule has 18 heavy (non-hydrogen) atoms. The van der Waals surface area contributed by atoms with Crippen molar-refractivity contribution in [1.29, 1.82) is 0 Å². The number of fused-ring (bicyclic) bond motifs is 1. The Balaban J connectivity index is 1.51. The molecule has 0 aliphatic heterocycles. The van der Waals surface area contributed by atoms with Gasteiger partial charge in [0, 0.05) is 30.9 Å². The molecule has 0 radical (unpaired) electrons. The van der Waals surface area contributed by atoms with Gasteiger partial charge in [0.25, 0.3) is 0 Å². The van der Waals surface area contributed by atoms with Gasteiger partial charge in [0.2, 0.25) is 0 Å². The van der Waals surface area contributed by atoms with Crippen LogP contribution in [-0.4, -0.2) is 11.5 Å². The molecule has 3 rings (SSSR count). The van der Waals surface area contributed by atoms with E-state index < -0.39 is 0 Å². The summed E-state index contributed by atoms with van der Waals surface area (Å²) in [4.78, 5) is 4.31. The minimum absolute atomic E-state index is 0.694. The van der Waals surface area contributed by atoms with Crippen molar-refractivity contribution in [3.05, 3.63) is 65.0 Å². The Bertz CT molecular complexity index is 531. The molecule has 0 saturated heterocycles. The fourth-order valence-electron chi connectivity index (χ4n) is 2.54. The summed E-state index contributed by atoms with van der Waals surface area (Å²) >= 11 is 0. The van der Waals surface area contributed by atoms with Crippen LogP contribution in [0.3, 0.4) is 0 Å². The largest absolute Gasteiger partial charge is 0.312 e. The fraction of sp³-hybridized carbons (Fsp3) is 0.312. The second-order valence-electron chi connectivity index (χ2n) is 5.04. The van der Waals surface area contributed by atoms with E-state index in [1.807, 2.05) is 13.1 Å². The van der Waals surface area contributed by atoms with Crippen LogP contribution in [0, 0.1) is 6.92 Å². The van der Waals surface area contributed by atoms with E-state index in [4.69, 9.17) is 0 Å². The first kappa shape index (κ1) is 11.4. The molecule has 1 aromatic heterocycles. The molecule has 1 atom stereocenters. The number of benzene rings is 1. The van der Waals surface area contributed by atoms with Gasteiger partial charge in [-0.15, -0.1) is 0 Å². The van der Waals surface area contributed by atoms with Gasteiger partial charge < -0.3 is 5.32 Å². The lowest BCUT2D eigenvalue weighted by Gasteiger charge is -2.30. The molecular weight excluding hydrogens is 220 g/mol. The zero-order chi connectivity index (χ0) is 12.4. The Morgan fingerprint density at radius 3 is 2.89 bits per heavy atom. The van der Waals surface area contributed by atoms with Crippen molar-refractivity contribution in [3.8, 4) is 0 Å². The average Bonchev–Trinajstić information content (AvgIpc) is 2.37. The van der Waals surface area contributed by atoms with Crippen LogP contribution in [0.2, 0.25) is 0 Å². The van der Waals surface area contributed by atoms with Gasteiger partial charge in [-0.2, -0.15) is 0 Å². The molecule has 0 spiro atoms. The van der Waals surface area contributed by atoms with Crippen molar-refractivity contribution in [2.24, 2.45) is 0 Å². The van der Waals surface area contributed by atoms with Gasteiger partial charge in [0.15, 0.2) is 0 Å². The lowest BCUT2D eigenvalue weighted by Crippen LogP contribution is -2.28. The van der Waals surface area contributed by atoms with Crippen LogP contribution in [0.4, 0.5) is 0 Å². The first-order chi connectivity index (χ1) is 8.83. The SMILES string of the molecule is Cc1ccc(CNCC2Cc3ccccc32)cn1. The summed E-state index contributed by atoms with van der Waals surface area (Å²) < 4.78 is 0. The number of hydrogen-bond donors (Lipinski definition) is 1. The Labute approximate surface area is 108 Å². The zero-order valence-corrected chi connectivity index (χ0v) is 10.7. The topological polar surface area (TPSA) is 24.9 Å². The molecule has 1 unspecified atom stereocenters. The lowest BCUT2D eigenvalue weighted by atomic mass is 9.77. The van der Waals surface area contributed by atoms with E-state index in [2.05, 4.69) is 46.7 Å². The maximum atomic E-state index is 4.31. The first-order valence-electron chi connectivity index (χ1n) is 6.53. The van der Waals surface area contributed by atoms with Gasteiger partial charge in [-0.25, -0.2) is 0 Å². The van der Waals surface area contributed by atoms with Gasteiger partial charge in [-0.05, 0) is 36.1 Å². The molecule has 0 bridgehead atoms. The summed E-state index contributed by atoms with van der Waals surface area (Å²) in [5, 5.41) is 3.52. The highest BCUT2D eigenvalue weighted by Crippen LogP contribution is 2.33. The summed E-state index contributed by atoms with van der Waals surface area (Å²) in [5.41, 5.74) is 5.37. The van der Waals surface area contributed by atoms with Crippen molar-refractivity contribution in [2.45, 2.75) is 25.8 Å². The molecule has 0 fully saturated rings. The third kappa shape index (κ3) is 2.29. The normalized spacial score (nSPS) is 17.1. The molecule has 1 aliphatic carbocycles. The highest BCUT2D eigenvalue weighted by molar-refractivity contribution is 5.40. The number of pyridine rings is 1. The van der Waals surface area contributed by atoms with Gasteiger partial charge >= 0.3 is 0 Å². The highest BCUT2D eigenvalue weighted by Gasteiger charge is 2.24. The number of rotatable bonds is 4. The predicted octanol–water partition coefficient (Wildman–Crippen LogP) is 2.82. The molecule has 0 saturated carbocycles. The van der Waals surface area contributed by atoms with Crippen molar-refractivity contribution in [2.75, 3.05) is 6.54 Å². The van der Waals surface area contributed by atoms with E-state index in [1.54, 1.807) is 0 Å². The summed E-state index contributed by atoms with van der Waals surface area (Å²) in [6, 6.07) is 12.9. The number of hydrogen-bond acceptors (Lipinski definition) is 2. The molecule has 1 heterocycles. The van der Waals surface area contributed by atoms with Crippen LogP contribution < -0.4 is 5.32 Å². The second kappa shape index (κ2) is 4.91. The van der Waals surface area contributed by atoms with Crippen LogP contribution in [0.1, 0.15) is 28.3 Å². The molecule has 1 N–H and O–H groups in total. The molecule has 2 aromatic rings. The average molecular weight is 238 g/mol. The Morgan fingerprint density at radius 1 is 1.22 bits per heavy atom. The van der Waals surface area contributed by atoms with Crippen LogP contribution in [0.15, 0.2) is 42.6 Å². The number of nitrogens with one attached hydrogen (secondary N) is 1. The second-order valence-corrected chi connectivity index (χ2v) is 5.04. The third-order valence-electron chi connectivity index (χ3n) is 3.65. The first-order valence-corrected chi connectivity index (χ1v) is 6.53. The Hall–Kier alpha value is -1.67. The van der Waals surface area contributed by atoms with Crippen molar-refractivity contribution in [1.82, 2.24) is 10.3 Å². The molecule has 1 aromatic carbocycles. The molecule has 2 heteroatoms. The Morgan fingerprint density at radius 2 is 2.11 bits per heavy atom. The minimum atomic E-state index is 0.694. The summed E-state index contributed by atoms with van der Waals surface area (Å²) in [5.74, 6) is 0.694. The summed E-state index contributed by atoms with van der Waals surface area (Å²) in [7, 11) is 0. The van der Waals surface area contributed by atoms with Gasteiger partial charge in [-0.1, -0.05) is 30.3 Å². The molecule has 0 amide bonds. The van der Waals surface area contributed by atoms with E-state index in [0.717, 1.165) is 18.8 Å². The Kier molecular flexibility index (Phi) is 3.11. The number of nitrogens with zero attached hydrogens (tertiary/aromatic N) is 1. The molecule has 2 nitrogen and oxygen atoms in total. The lowest BCUT2D eigenvalue weighted by molar-refractivity contribution is 0.535. The van der Waals surface area contributed by atoms with Crippen molar-refractivity contribution >= 4 is 0 Å². The van der Waals surface area contributed by atoms with E-state index in [-0.39, 0.29) is 0 Å². The van der Waals surface area contributed by atoms with E-state index in [0.29, 0.717) is 5.92 Å². The molecule has 92 valence electrons. The van der Waals surface area contributed by atoms with Gasteiger partial charge in [0.05, 0.1) is 0 Å². The maximum absolute atomic E-state index is 4.31. The maximum Gasteiger partial charge on any atom is 0.0372 e. The smallest absolute Gasteiger partial charge is 0.0372 e. The number of aromatic nitrogens is 1. The van der Waals surface area contributed by atoms with Crippen LogP contribution >= 0.6 is 0 Å². The van der Waals surface area contributed by atoms with E-state index in [1.165, 1.54) is 23.1 Å². The standard InChI is InChI=1S/C16H18N2/c1-12-6-7-13(10-18-12)9-17-11-15-8-14-4-2-3-5-16(14)15/h2-7,10,15,17H,8-9,11H2,1H3. The van der Waals surface area contributed by atoms with Crippen molar-refractivity contribution in [3.63, 3.8) is 0 Å². The van der Waals surface area contributed by atoms with Crippen LogP contribution in [-0.2, 0) is 13.0 Å². The molecular formula is C16H18N2. The van der Waals surface area contributed by atoms with Crippen LogP contribution in [0.5, 0.6) is 0 Å². The predicted molar refractivity (Wildman–Crippen MR) is 73.6 cm³/mol. The van der Waals surface area contributed by atoms with Crippen LogP contribution in [0.25, 0.3) is 0 Å². The number of aryl methyl sites for hydroxylation is 1.